The number of aliphatic hydroxyl groups excluding tert-OH is 6. The first-order chi connectivity index (χ1) is 15.8. The summed E-state index contributed by atoms with van der Waals surface area (Å²) >= 11 is 0. The molecule has 4 rings (SSSR count). The van der Waals surface area contributed by atoms with E-state index >= 15 is 0 Å². The predicted octanol–water partition coefficient (Wildman–Crippen LogP) is 1.44. The first-order valence-electron chi connectivity index (χ1n) is 13.6. The minimum Gasteiger partial charge on any atom is -0.396 e. The minimum absolute atomic E-state index is 0.101. The summed E-state index contributed by atoms with van der Waals surface area (Å²) in [5.74, 6) is -1.28. The van der Waals surface area contributed by atoms with Gasteiger partial charge >= 0.3 is 0 Å². The molecule has 0 aromatic carbocycles. The maximum absolute atomic E-state index is 12.3. The predicted molar refractivity (Wildman–Crippen MR) is 128 cm³/mol. The van der Waals surface area contributed by atoms with Crippen molar-refractivity contribution in [2.24, 2.45) is 46.3 Å². The summed E-state index contributed by atoms with van der Waals surface area (Å²) < 4.78 is 0. The summed E-state index contributed by atoms with van der Waals surface area (Å²) in [5, 5.41) is 77.2. The molecule has 0 aliphatic heterocycles. The van der Waals surface area contributed by atoms with Crippen molar-refractivity contribution < 1.29 is 35.7 Å². The second-order valence-electron chi connectivity index (χ2n) is 13.1. The second kappa shape index (κ2) is 9.23. The number of hydrogen-bond donors (Lipinski definition) is 7. The molecule has 0 aromatic heterocycles. The summed E-state index contributed by atoms with van der Waals surface area (Å²) in [7, 11) is 0. The Balaban J connectivity index is 1.66. The van der Waals surface area contributed by atoms with Gasteiger partial charge in [0.25, 0.3) is 0 Å². The lowest BCUT2D eigenvalue weighted by Gasteiger charge is -2.67. The van der Waals surface area contributed by atoms with E-state index in [1.165, 1.54) is 0 Å². The van der Waals surface area contributed by atoms with Crippen molar-refractivity contribution >= 4 is 0 Å². The molecule has 4 aliphatic carbocycles. The number of hydrogen-bond acceptors (Lipinski definition) is 7. The van der Waals surface area contributed by atoms with E-state index in [1.54, 1.807) is 0 Å². The normalized spacial score (nSPS) is 54.6. The first-order valence-corrected chi connectivity index (χ1v) is 13.6. The van der Waals surface area contributed by atoms with Gasteiger partial charge in [-0.25, -0.2) is 0 Å². The fraction of sp³-hybridized carbons (Fsp3) is 1.00. The molecule has 4 fully saturated rings. The lowest BCUT2D eigenvalue weighted by Crippen LogP contribution is -2.75. The average Bonchev–Trinajstić information content (AvgIpc) is 2.99. The summed E-state index contributed by atoms with van der Waals surface area (Å²) in [6.07, 6.45) is 0.370. The Bertz CT molecular complexity index is 734. The fourth-order valence-corrected chi connectivity index (χ4v) is 9.52. The Morgan fingerprint density at radius 3 is 2.15 bits per heavy atom. The van der Waals surface area contributed by atoms with Gasteiger partial charge in [0.05, 0.1) is 24.4 Å². The van der Waals surface area contributed by atoms with E-state index in [2.05, 4.69) is 13.8 Å². The van der Waals surface area contributed by atoms with E-state index < -0.39 is 52.9 Å². The molecule has 0 unspecified atom stereocenters. The SMILES string of the molecule is C[C@H](CO)CCC[C@@H](C)[C@H]1[C@@H](O)[C@@H](O)[C@@H]2[C@]1(C)CC[C@@H]1[C@@]3(C)CC[C@H](O)C[C@@H]3[C@@H](O)[C@H](O)[C@]12O. The number of fused-ring (bicyclic) bond motifs is 5. The zero-order chi connectivity index (χ0) is 25.2. The van der Waals surface area contributed by atoms with Crippen LogP contribution in [0.2, 0.25) is 0 Å². The minimum atomic E-state index is -1.71. The standard InChI is InChI=1S/C27H48O7/c1-14(13-28)6-5-7-15(2)19-21(31)22(32)23-26(19,4)11-9-18-25(3)10-8-16(29)12-17(25)20(30)24(33)27(18,23)34/h14-24,28-34H,5-13H2,1-4H3/t14-,15+,16-,17+,18+,19-,20+,21+,22+,23+,24-,25-,26+,27-/m0/s1. The van der Waals surface area contributed by atoms with Gasteiger partial charge in [0, 0.05) is 12.5 Å². The Morgan fingerprint density at radius 2 is 1.50 bits per heavy atom. The summed E-state index contributed by atoms with van der Waals surface area (Å²) in [4.78, 5) is 0. The van der Waals surface area contributed by atoms with E-state index in [9.17, 15) is 35.7 Å². The molecule has 7 N–H and O–H groups in total. The zero-order valence-electron chi connectivity index (χ0n) is 21.3. The highest BCUT2D eigenvalue weighted by Crippen LogP contribution is 2.69. The summed E-state index contributed by atoms with van der Waals surface area (Å²) in [6.45, 7) is 8.38. The molecule has 0 spiro atoms. The Hall–Kier alpha value is -0.280. The Kier molecular flexibility index (Phi) is 7.27. The zero-order valence-corrected chi connectivity index (χ0v) is 21.3. The molecule has 14 atom stereocenters. The van der Waals surface area contributed by atoms with Crippen LogP contribution in [-0.2, 0) is 0 Å². The highest BCUT2D eigenvalue weighted by Gasteiger charge is 2.75. The Morgan fingerprint density at radius 1 is 0.853 bits per heavy atom. The number of aliphatic hydroxyl groups is 7. The van der Waals surface area contributed by atoms with Crippen LogP contribution in [0.1, 0.15) is 79.1 Å². The van der Waals surface area contributed by atoms with Gasteiger partial charge in [0.2, 0.25) is 0 Å². The van der Waals surface area contributed by atoms with Crippen LogP contribution in [0.25, 0.3) is 0 Å². The van der Waals surface area contributed by atoms with Crippen molar-refractivity contribution in [3.05, 3.63) is 0 Å². The second-order valence-corrected chi connectivity index (χ2v) is 13.1. The van der Waals surface area contributed by atoms with Crippen LogP contribution in [-0.4, -0.2) is 78.5 Å². The maximum Gasteiger partial charge on any atom is 0.109 e. The molecule has 4 aliphatic rings. The first kappa shape index (κ1) is 26.8. The topological polar surface area (TPSA) is 142 Å². The van der Waals surface area contributed by atoms with Crippen molar-refractivity contribution in [1.29, 1.82) is 0 Å². The van der Waals surface area contributed by atoms with Crippen LogP contribution >= 0.6 is 0 Å². The number of rotatable bonds is 6. The van der Waals surface area contributed by atoms with Gasteiger partial charge in [-0.1, -0.05) is 40.5 Å². The van der Waals surface area contributed by atoms with Gasteiger partial charge in [0.1, 0.15) is 11.7 Å². The third-order valence-electron chi connectivity index (χ3n) is 11.2. The molecule has 7 nitrogen and oxygen atoms in total. The van der Waals surface area contributed by atoms with Crippen LogP contribution in [0.5, 0.6) is 0 Å². The monoisotopic (exact) mass is 484 g/mol. The third kappa shape index (κ3) is 3.72. The van der Waals surface area contributed by atoms with E-state index in [-0.39, 0.29) is 36.2 Å². The highest BCUT2D eigenvalue weighted by molar-refractivity contribution is 5.24. The molecule has 0 heterocycles. The van der Waals surface area contributed by atoms with E-state index in [1.807, 2.05) is 13.8 Å². The molecule has 7 heteroatoms. The Labute approximate surface area is 204 Å². The van der Waals surface area contributed by atoms with Gasteiger partial charge in [-0.2, -0.15) is 0 Å². The molecule has 198 valence electrons. The van der Waals surface area contributed by atoms with Gasteiger partial charge in [0.15, 0.2) is 0 Å². The van der Waals surface area contributed by atoms with Crippen LogP contribution < -0.4 is 0 Å². The molecular weight excluding hydrogens is 436 g/mol. The van der Waals surface area contributed by atoms with Crippen molar-refractivity contribution in [1.82, 2.24) is 0 Å². The molecule has 0 saturated heterocycles. The molecular formula is C27H48O7. The summed E-state index contributed by atoms with van der Waals surface area (Å²) in [6, 6.07) is 0. The lowest BCUT2D eigenvalue weighted by atomic mass is 9.41. The van der Waals surface area contributed by atoms with Crippen LogP contribution in [0, 0.1) is 46.3 Å². The van der Waals surface area contributed by atoms with Gasteiger partial charge in [-0.15, -0.1) is 0 Å². The lowest BCUT2D eigenvalue weighted by molar-refractivity contribution is -0.309. The highest BCUT2D eigenvalue weighted by atomic mass is 16.4. The molecule has 0 aromatic rings. The van der Waals surface area contributed by atoms with Crippen molar-refractivity contribution in [3.63, 3.8) is 0 Å². The molecule has 0 bridgehead atoms. The van der Waals surface area contributed by atoms with Crippen LogP contribution in [0.3, 0.4) is 0 Å². The van der Waals surface area contributed by atoms with Crippen LogP contribution in [0.4, 0.5) is 0 Å². The third-order valence-corrected chi connectivity index (χ3v) is 11.2. The van der Waals surface area contributed by atoms with Gasteiger partial charge in [-0.05, 0) is 78.9 Å². The molecule has 4 saturated carbocycles. The maximum atomic E-state index is 12.3. The smallest absolute Gasteiger partial charge is 0.109 e. The van der Waals surface area contributed by atoms with Gasteiger partial charge in [-0.3, -0.25) is 0 Å². The van der Waals surface area contributed by atoms with E-state index in [0.717, 1.165) is 25.7 Å². The van der Waals surface area contributed by atoms with E-state index in [4.69, 9.17) is 0 Å². The van der Waals surface area contributed by atoms with E-state index in [0.29, 0.717) is 25.7 Å². The molecule has 0 amide bonds. The van der Waals surface area contributed by atoms with Crippen molar-refractivity contribution in [3.8, 4) is 0 Å². The molecule has 34 heavy (non-hydrogen) atoms. The summed E-state index contributed by atoms with van der Waals surface area (Å²) in [5.41, 5.74) is -2.74. The van der Waals surface area contributed by atoms with Crippen molar-refractivity contribution in [2.75, 3.05) is 6.61 Å². The fourth-order valence-electron chi connectivity index (χ4n) is 9.52. The quantitative estimate of drug-likeness (QED) is 0.302. The van der Waals surface area contributed by atoms with Crippen LogP contribution in [0.15, 0.2) is 0 Å². The van der Waals surface area contributed by atoms with Crippen molar-refractivity contribution in [2.45, 2.75) is 115 Å². The average molecular weight is 485 g/mol. The molecule has 0 radical (unpaired) electrons. The largest absolute Gasteiger partial charge is 0.396 e. The van der Waals surface area contributed by atoms with Gasteiger partial charge < -0.3 is 35.7 Å².